The van der Waals surface area contributed by atoms with Gasteiger partial charge in [0.15, 0.2) is 0 Å². The molecule has 2 heterocycles. The highest BCUT2D eigenvalue weighted by molar-refractivity contribution is 5.32. The van der Waals surface area contributed by atoms with E-state index in [1.54, 1.807) is 0 Å². The molecule has 1 saturated heterocycles. The molecule has 0 radical (unpaired) electrons. The van der Waals surface area contributed by atoms with E-state index in [9.17, 15) is 0 Å². The van der Waals surface area contributed by atoms with E-state index in [-0.39, 0.29) is 0 Å². The Morgan fingerprint density at radius 2 is 2.33 bits per heavy atom. The maximum Gasteiger partial charge on any atom is 0.225 e. The lowest BCUT2D eigenvalue weighted by Gasteiger charge is -2.36. The first-order valence-corrected chi connectivity index (χ1v) is 7.08. The molecule has 18 heavy (non-hydrogen) atoms. The fourth-order valence-electron chi connectivity index (χ4n) is 2.50. The van der Waals surface area contributed by atoms with Crippen molar-refractivity contribution in [2.75, 3.05) is 24.5 Å². The molecule has 0 aliphatic carbocycles. The molecule has 1 aliphatic rings. The van der Waals surface area contributed by atoms with Crippen molar-refractivity contribution < 1.29 is 0 Å². The van der Waals surface area contributed by atoms with Crippen molar-refractivity contribution in [3.63, 3.8) is 0 Å². The predicted octanol–water partition coefficient (Wildman–Crippen LogP) is 2.14. The van der Waals surface area contributed by atoms with Gasteiger partial charge in [-0.25, -0.2) is 9.97 Å². The number of nitrogens with one attached hydrogen (secondary N) is 1. The molecule has 0 aromatic carbocycles. The summed E-state index contributed by atoms with van der Waals surface area (Å²) in [7, 11) is 0. The van der Waals surface area contributed by atoms with Crippen molar-refractivity contribution in [2.24, 2.45) is 0 Å². The van der Waals surface area contributed by atoms with Crippen LogP contribution in [0.1, 0.15) is 38.3 Å². The zero-order chi connectivity index (χ0) is 12.8. The van der Waals surface area contributed by atoms with E-state index in [4.69, 9.17) is 0 Å². The summed E-state index contributed by atoms with van der Waals surface area (Å²) in [6, 6.07) is 2.50. The average Bonchev–Trinajstić information content (AvgIpc) is 2.40. The van der Waals surface area contributed by atoms with Gasteiger partial charge in [-0.15, -0.1) is 0 Å². The van der Waals surface area contributed by atoms with E-state index in [0.717, 1.165) is 31.3 Å². The minimum absolute atomic E-state index is 0.548. The maximum absolute atomic E-state index is 4.56. The van der Waals surface area contributed by atoms with Gasteiger partial charge in [0.05, 0.1) is 0 Å². The lowest BCUT2D eigenvalue weighted by molar-refractivity contribution is 0.429. The minimum Gasteiger partial charge on any atom is -0.337 e. The number of aromatic nitrogens is 2. The third-order valence-corrected chi connectivity index (χ3v) is 3.47. The van der Waals surface area contributed by atoms with E-state index in [2.05, 4.69) is 27.1 Å². The Bertz CT molecular complexity index is 367. The number of hydrogen-bond acceptors (Lipinski definition) is 4. The normalized spacial score (nSPS) is 20.1. The second-order valence-electron chi connectivity index (χ2n) is 5.05. The predicted molar refractivity (Wildman–Crippen MR) is 74.9 cm³/mol. The minimum atomic E-state index is 0.548. The van der Waals surface area contributed by atoms with Crippen LogP contribution >= 0.6 is 0 Å². The van der Waals surface area contributed by atoms with E-state index < -0.39 is 0 Å². The monoisotopic (exact) mass is 248 g/mol. The number of aryl methyl sites for hydroxylation is 1. The van der Waals surface area contributed by atoms with Gasteiger partial charge < -0.3 is 10.2 Å². The molecule has 0 spiro atoms. The second-order valence-corrected chi connectivity index (χ2v) is 5.05. The van der Waals surface area contributed by atoms with E-state index in [1.165, 1.54) is 25.7 Å². The standard InChI is InChI=1S/C14H24N4/c1-3-8-15-11-13-6-4-5-10-18(13)14-16-9-7-12(2)17-14/h7,9,13,15H,3-6,8,10-11H2,1-2H3. The highest BCUT2D eigenvalue weighted by Crippen LogP contribution is 2.21. The second kappa shape index (κ2) is 6.69. The topological polar surface area (TPSA) is 41.0 Å². The van der Waals surface area contributed by atoms with Crippen LogP contribution in [-0.2, 0) is 0 Å². The first-order valence-electron chi connectivity index (χ1n) is 7.08. The van der Waals surface area contributed by atoms with Crippen LogP contribution in [0.4, 0.5) is 5.95 Å². The van der Waals surface area contributed by atoms with Gasteiger partial charge in [-0.3, -0.25) is 0 Å². The van der Waals surface area contributed by atoms with Crippen LogP contribution in [0.2, 0.25) is 0 Å². The highest BCUT2D eigenvalue weighted by Gasteiger charge is 2.23. The first-order chi connectivity index (χ1) is 8.81. The molecule has 4 nitrogen and oxygen atoms in total. The zero-order valence-corrected chi connectivity index (χ0v) is 11.5. The van der Waals surface area contributed by atoms with Crippen LogP contribution in [-0.4, -0.2) is 35.6 Å². The van der Waals surface area contributed by atoms with Crippen molar-refractivity contribution in [1.82, 2.24) is 15.3 Å². The summed E-state index contributed by atoms with van der Waals surface area (Å²) in [6.45, 7) is 7.46. The SMILES string of the molecule is CCCNCC1CCCCN1c1nccc(C)n1. The smallest absolute Gasteiger partial charge is 0.225 e. The van der Waals surface area contributed by atoms with Gasteiger partial charge in [-0.05, 0) is 45.2 Å². The van der Waals surface area contributed by atoms with Crippen LogP contribution in [0.5, 0.6) is 0 Å². The maximum atomic E-state index is 4.56. The zero-order valence-electron chi connectivity index (χ0n) is 11.5. The van der Waals surface area contributed by atoms with E-state index in [0.29, 0.717) is 6.04 Å². The summed E-state index contributed by atoms with van der Waals surface area (Å²) in [5.41, 5.74) is 1.05. The molecular formula is C14H24N4. The molecule has 100 valence electrons. The fraction of sp³-hybridized carbons (Fsp3) is 0.714. The van der Waals surface area contributed by atoms with Crippen molar-refractivity contribution in [3.05, 3.63) is 18.0 Å². The van der Waals surface area contributed by atoms with Gasteiger partial charge in [-0.1, -0.05) is 6.92 Å². The molecule has 1 fully saturated rings. The Kier molecular flexibility index (Phi) is 4.93. The molecule has 2 rings (SSSR count). The molecule has 0 bridgehead atoms. The molecule has 0 saturated carbocycles. The first kappa shape index (κ1) is 13.3. The Morgan fingerprint density at radius 1 is 1.44 bits per heavy atom. The van der Waals surface area contributed by atoms with Crippen molar-refractivity contribution >= 4 is 5.95 Å². The van der Waals surface area contributed by atoms with E-state index >= 15 is 0 Å². The molecule has 1 aromatic heterocycles. The summed E-state index contributed by atoms with van der Waals surface area (Å²) in [5, 5.41) is 3.52. The summed E-state index contributed by atoms with van der Waals surface area (Å²) in [6.07, 6.45) is 6.87. The Balaban J connectivity index is 2.03. The molecule has 1 aliphatic heterocycles. The summed E-state index contributed by atoms with van der Waals surface area (Å²) in [5.74, 6) is 0.901. The Labute approximate surface area is 110 Å². The third kappa shape index (κ3) is 3.42. The number of anilines is 1. The summed E-state index contributed by atoms with van der Waals surface area (Å²) >= 11 is 0. The van der Waals surface area contributed by atoms with Crippen molar-refractivity contribution in [3.8, 4) is 0 Å². The van der Waals surface area contributed by atoms with Gasteiger partial charge in [-0.2, -0.15) is 0 Å². The van der Waals surface area contributed by atoms with Gasteiger partial charge >= 0.3 is 0 Å². The molecule has 4 heteroatoms. The number of hydrogen-bond donors (Lipinski definition) is 1. The number of rotatable bonds is 5. The van der Waals surface area contributed by atoms with Gasteiger partial charge in [0.1, 0.15) is 0 Å². The lowest BCUT2D eigenvalue weighted by Crippen LogP contribution is -2.46. The van der Waals surface area contributed by atoms with Gasteiger partial charge in [0.25, 0.3) is 0 Å². The van der Waals surface area contributed by atoms with Crippen LogP contribution in [0.3, 0.4) is 0 Å². The van der Waals surface area contributed by atoms with Crippen LogP contribution < -0.4 is 10.2 Å². The molecule has 1 aromatic rings. The molecule has 1 N–H and O–H groups in total. The average molecular weight is 248 g/mol. The van der Waals surface area contributed by atoms with E-state index in [1.807, 2.05) is 19.2 Å². The van der Waals surface area contributed by atoms with Crippen LogP contribution in [0.15, 0.2) is 12.3 Å². The third-order valence-electron chi connectivity index (χ3n) is 3.47. The molecule has 1 atom stereocenters. The summed E-state index contributed by atoms with van der Waals surface area (Å²) < 4.78 is 0. The van der Waals surface area contributed by atoms with Gasteiger partial charge in [0.2, 0.25) is 5.95 Å². The van der Waals surface area contributed by atoms with Crippen molar-refractivity contribution in [2.45, 2.75) is 45.6 Å². The molecule has 0 amide bonds. The number of piperidine rings is 1. The largest absolute Gasteiger partial charge is 0.337 e. The molecule has 1 unspecified atom stereocenters. The van der Waals surface area contributed by atoms with Gasteiger partial charge in [0, 0.05) is 31.0 Å². The highest BCUT2D eigenvalue weighted by atomic mass is 15.3. The van der Waals surface area contributed by atoms with Crippen LogP contribution in [0, 0.1) is 6.92 Å². The number of nitrogens with zero attached hydrogens (tertiary/aromatic N) is 3. The molecular weight excluding hydrogens is 224 g/mol. The summed E-state index contributed by atoms with van der Waals surface area (Å²) in [4.78, 5) is 11.4. The Hall–Kier alpha value is -1.16. The fourth-order valence-corrected chi connectivity index (χ4v) is 2.50. The van der Waals surface area contributed by atoms with Crippen LogP contribution in [0.25, 0.3) is 0 Å². The van der Waals surface area contributed by atoms with Crippen molar-refractivity contribution in [1.29, 1.82) is 0 Å². The lowest BCUT2D eigenvalue weighted by atomic mass is 10.0. The Morgan fingerprint density at radius 3 is 3.11 bits per heavy atom. The quantitative estimate of drug-likeness (QED) is 0.811.